The number of aromatic nitrogens is 1. The number of nitrogens with one attached hydrogen (secondary N) is 1. The van der Waals surface area contributed by atoms with Crippen molar-refractivity contribution in [1.29, 1.82) is 0 Å². The number of hydrogen-bond acceptors (Lipinski definition) is 6. The molecule has 138 valence electrons. The summed E-state index contributed by atoms with van der Waals surface area (Å²) in [6.45, 7) is 3.20. The van der Waals surface area contributed by atoms with Crippen molar-refractivity contribution >= 4 is 17.8 Å². The number of carboxylic acids is 1. The third kappa shape index (κ3) is 3.56. The van der Waals surface area contributed by atoms with Crippen LogP contribution in [-0.2, 0) is 0 Å². The van der Waals surface area contributed by atoms with E-state index in [1.807, 2.05) is 0 Å². The summed E-state index contributed by atoms with van der Waals surface area (Å²) in [6, 6.07) is 3.41. The third-order valence-corrected chi connectivity index (χ3v) is 4.00. The fourth-order valence-corrected chi connectivity index (χ4v) is 2.78. The van der Waals surface area contributed by atoms with Crippen molar-refractivity contribution < 1.29 is 28.9 Å². The van der Waals surface area contributed by atoms with Crippen LogP contribution in [0.25, 0.3) is 6.08 Å². The number of hydrogen-bond donors (Lipinski definition) is 1. The molecule has 0 spiro atoms. The lowest BCUT2D eigenvalue weighted by atomic mass is 10.0. The van der Waals surface area contributed by atoms with E-state index < -0.39 is 5.97 Å². The van der Waals surface area contributed by atoms with E-state index in [2.05, 4.69) is 4.98 Å². The molecule has 26 heavy (non-hydrogen) atoms. The fraction of sp³-hybridized carbons (Fsp3) is 0.263. The normalized spacial score (nSPS) is 10.8. The Kier molecular flexibility index (Phi) is 5.71. The highest BCUT2D eigenvalue weighted by Crippen LogP contribution is 2.38. The molecule has 0 atom stereocenters. The molecule has 0 unspecified atom stereocenters. The molecule has 0 bridgehead atoms. The van der Waals surface area contributed by atoms with E-state index in [4.69, 9.17) is 14.2 Å². The SMILES string of the molecule is COc1cc(/C=C/C(=O)c2c(C)[nH]c(C(=O)[O-])c2C)cc(OC)c1OC. The average Bonchev–Trinajstić information content (AvgIpc) is 2.93. The van der Waals surface area contributed by atoms with Crippen molar-refractivity contribution in [3.05, 3.63) is 46.3 Å². The van der Waals surface area contributed by atoms with Gasteiger partial charge in [0.05, 0.1) is 33.0 Å². The Morgan fingerprint density at radius 2 is 1.62 bits per heavy atom. The first-order valence-corrected chi connectivity index (χ1v) is 7.76. The first-order valence-electron chi connectivity index (χ1n) is 7.76. The fourth-order valence-electron chi connectivity index (χ4n) is 2.78. The molecule has 1 N–H and O–H groups in total. The van der Waals surface area contributed by atoms with Crippen LogP contribution < -0.4 is 19.3 Å². The van der Waals surface area contributed by atoms with E-state index in [1.54, 1.807) is 32.1 Å². The molecule has 2 aromatic rings. The molecule has 1 aromatic heterocycles. The van der Waals surface area contributed by atoms with E-state index in [9.17, 15) is 14.7 Å². The number of carbonyl (C=O) groups is 2. The van der Waals surface area contributed by atoms with Crippen LogP contribution in [0.4, 0.5) is 0 Å². The summed E-state index contributed by atoms with van der Waals surface area (Å²) in [5.41, 5.74) is 1.71. The van der Waals surface area contributed by atoms with Crippen LogP contribution in [0.2, 0.25) is 0 Å². The smallest absolute Gasteiger partial charge is 0.203 e. The minimum atomic E-state index is -1.35. The largest absolute Gasteiger partial charge is 0.543 e. The lowest BCUT2D eigenvalue weighted by Crippen LogP contribution is -2.23. The van der Waals surface area contributed by atoms with E-state index in [1.165, 1.54) is 27.4 Å². The number of aromatic amines is 1. The number of rotatable bonds is 7. The van der Waals surface area contributed by atoms with Gasteiger partial charge < -0.3 is 29.1 Å². The lowest BCUT2D eigenvalue weighted by molar-refractivity contribution is -0.255. The van der Waals surface area contributed by atoms with E-state index in [0.717, 1.165) is 0 Å². The Morgan fingerprint density at radius 3 is 2.04 bits per heavy atom. The maximum absolute atomic E-state index is 12.5. The first-order chi connectivity index (χ1) is 12.3. The number of carboxylic acid groups (broad SMARTS) is 1. The number of ether oxygens (including phenoxy) is 3. The second-order valence-corrected chi connectivity index (χ2v) is 5.57. The van der Waals surface area contributed by atoms with Crippen molar-refractivity contribution in [3.63, 3.8) is 0 Å². The Bertz CT molecular complexity index is 853. The van der Waals surface area contributed by atoms with Gasteiger partial charge in [-0.3, -0.25) is 4.79 Å². The molecule has 0 saturated carbocycles. The summed E-state index contributed by atoms with van der Waals surface area (Å²) < 4.78 is 15.8. The van der Waals surface area contributed by atoms with Crippen molar-refractivity contribution in [3.8, 4) is 17.2 Å². The molecule has 2 rings (SSSR count). The van der Waals surface area contributed by atoms with Gasteiger partial charge in [-0.05, 0) is 43.2 Å². The topological polar surface area (TPSA) is 101 Å². The zero-order valence-electron chi connectivity index (χ0n) is 15.3. The van der Waals surface area contributed by atoms with Gasteiger partial charge in [-0.15, -0.1) is 0 Å². The van der Waals surface area contributed by atoms with Crippen LogP contribution in [-0.4, -0.2) is 38.1 Å². The molecule has 7 nitrogen and oxygen atoms in total. The van der Waals surface area contributed by atoms with E-state index in [0.29, 0.717) is 39.6 Å². The highest BCUT2D eigenvalue weighted by Gasteiger charge is 2.17. The maximum atomic E-state index is 12.5. The van der Waals surface area contributed by atoms with Crippen LogP contribution in [0, 0.1) is 13.8 Å². The van der Waals surface area contributed by atoms with Gasteiger partial charge in [-0.1, -0.05) is 6.08 Å². The number of aryl methyl sites for hydroxylation is 1. The summed E-state index contributed by atoms with van der Waals surface area (Å²) in [5, 5.41) is 11.1. The summed E-state index contributed by atoms with van der Waals surface area (Å²) in [5.74, 6) is -0.287. The summed E-state index contributed by atoms with van der Waals surface area (Å²) in [7, 11) is 4.51. The van der Waals surface area contributed by atoms with Gasteiger partial charge >= 0.3 is 0 Å². The zero-order chi connectivity index (χ0) is 19.4. The number of carbonyl (C=O) groups excluding carboxylic acids is 2. The van der Waals surface area contributed by atoms with Crippen molar-refractivity contribution in [2.24, 2.45) is 0 Å². The molecule has 0 radical (unpaired) electrons. The van der Waals surface area contributed by atoms with Crippen LogP contribution in [0.3, 0.4) is 0 Å². The molecule has 1 heterocycles. The van der Waals surface area contributed by atoms with Crippen LogP contribution in [0.15, 0.2) is 18.2 Å². The molecule has 1 aromatic carbocycles. The van der Waals surface area contributed by atoms with Crippen LogP contribution >= 0.6 is 0 Å². The molecule has 7 heteroatoms. The molecule has 0 aliphatic rings. The summed E-state index contributed by atoms with van der Waals surface area (Å²) in [4.78, 5) is 26.3. The number of allylic oxidation sites excluding steroid dienone is 1. The van der Waals surface area contributed by atoms with Gasteiger partial charge in [0, 0.05) is 11.3 Å². The average molecular weight is 358 g/mol. The Balaban J connectivity index is 2.39. The third-order valence-electron chi connectivity index (χ3n) is 4.00. The van der Waals surface area contributed by atoms with Crippen molar-refractivity contribution in [1.82, 2.24) is 4.98 Å². The second kappa shape index (κ2) is 7.77. The molecular weight excluding hydrogens is 338 g/mol. The van der Waals surface area contributed by atoms with Crippen molar-refractivity contribution in [2.45, 2.75) is 13.8 Å². The molecule has 0 amide bonds. The highest BCUT2D eigenvalue weighted by atomic mass is 16.5. The minimum Gasteiger partial charge on any atom is -0.543 e. The predicted molar refractivity (Wildman–Crippen MR) is 94.1 cm³/mol. The molecule has 0 aliphatic heterocycles. The second-order valence-electron chi connectivity index (χ2n) is 5.57. The number of H-pyrrole nitrogens is 1. The van der Waals surface area contributed by atoms with E-state index in [-0.39, 0.29) is 11.5 Å². The van der Waals surface area contributed by atoms with Crippen LogP contribution in [0.1, 0.15) is 37.7 Å². The highest BCUT2D eigenvalue weighted by molar-refractivity contribution is 6.10. The monoisotopic (exact) mass is 358 g/mol. The Hall–Kier alpha value is -3.22. The molecule has 0 saturated heterocycles. The maximum Gasteiger partial charge on any atom is 0.203 e. The predicted octanol–water partition coefficient (Wildman–Crippen LogP) is 1.92. The summed E-state index contributed by atoms with van der Waals surface area (Å²) >= 11 is 0. The van der Waals surface area contributed by atoms with Gasteiger partial charge in [0.15, 0.2) is 17.3 Å². The molecule has 0 fully saturated rings. The van der Waals surface area contributed by atoms with Gasteiger partial charge in [-0.25, -0.2) is 0 Å². The van der Waals surface area contributed by atoms with E-state index >= 15 is 0 Å². The standard InChI is InChI=1S/C19H21NO6/c1-10-16(11(2)20-17(10)19(22)23)13(21)7-6-12-8-14(24-3)18(26-5)15(9-12)25-4/h6-9,20H,1-5H3,(H,22,23)/p-1/b7-6+. The summed E-state index contributed by atoms with van der Waals surface area (Å²) in [6.07, 6.45) is 2.96. The van der Waals surface area contributed by atoms with Gasteiger partial charge in [0.1, 0.15) is 0 Å². The quantitative estimate of drug-likeness (QED) is 0.599. The molecular formula is C19H20NO6-. The number of benzene rings is 1. The Labute approximate surface area is 151 Å². The number of aromatic carboxylic acids is 1. The number of ketones is 1. The van der Waals surface area contributed by atoms with Crippen LogP contribution in [0.5, 0.6) is 17.2 Å². The lowest BCUT2D eigenvalue weighted by Gasteiger charge is -2.12. The van der Waals surface area contributed by atoms with Gasteiger partial charge in [0.25, 0.3) is 0 Å². The minimum absolute atomic E-state index is 0.0907. The van der Waals surface area contributed by atoms with Crippen molar-refractivity contribution in [2.75, 3.05) is 21.3 Å². The first kappa shape index (κ1) is 19.1. The molecule has 0 aliphatic carbocycles. The zero-order valence-corrected chi connectivity index (χ0v) is 15.3. The van der Waals surface area contributed by atoms with Gasteiger partial charge in [-0.2, -0.15) is 0 Å². The Morgan fingerprint density at radius 1 is 1.04 bits per heavy atom. The van der Waals surface area contributed by atoms with Gasteiger partial charge in [0.2, 0.25) is 5.75 Å². The number of methoxy groups -OCH3 is 3.